The normalized spacial score (nSPS) is 12.2. The summed E-state index contributed by atoms with van der Waals surface area (Å²) in [5.74, 6) is 1.64. The van der Waals surface area contributed by atoms with E-state index in [1.165, 1.54) is 12.8 Å². The lowest BCUT2D eigenvalue weighted by atomic mass is 10.1. The van der Waals surface area contributed by atoms with Gasteiger partial charge in [0.05, 0.1) is 13.7 Å². The highest BCUT2D eigenvalue weighted by Gasteiger charge is 2.06. The summed E-state index contributed by atoms with van der Waals surface area (Å²) >= 11 is 0. The quantitative estimate of drug-likeness (QED) is 0.655. The highest BCUT2D eigenvalue weighted by Crippen LogP contribution is 2.25. The van der Waals surface area contributed by atoms with Crippen LogP contribution >= 0.6 is 0 Å². The van der Waals surface area contributed by atoms with E-state index in [2.05, 4.69) is 19.2 Å². The molecule has 0 saturated carbocycles. The van der Waals surface area contributed by atoms with Gasteiger partial charge in [0.15, 0.2) is 11.5 Å². The Hall–Kier alpha value is -1.22. The number of ether oxygens (including phenoxy) is 2. The third kappa shape index (κ3) is 5.97. The van der Waals surface area contributed by atoms with Gasteiger partial charge in [-0.3, -0.25) is 0 Å². The minimum absolute atomic E-state index is 0.622. The summed E-state index contributed by atoms with van der Waals surface area (Å²) in [5, 5.41) is 3.52. The molecule has 1 aromatic rings. The molecule has 0 aromatic heterocycles. The largest absolute Gasteiger partial charge is 0.493 e. The first-order valence-corrected chi connectivity index (χ1v) is 7.31. The van der Waals surface area contributed by atoms with Crippen LogP contribution < -0.4 is 14.8 Å². The van der Waals surface area contributed by atoms with Crippen LogP contribution in [0.15, 0.2) is 24.3 Å². The molecule has 19 heavy (non-hydrogen) atoms. The summed E-state index contributed by atoms with van der Waals surface area (Å²) < 4.78 is 11.0. The van der Waals surface area contributed by atoms with E-state index >= 15 is 0 Å². The average Bonchev–Trinajstić information content (AvgIpc) is 2.44. The van der Waals surface area contributed by atoms with Crippen molar-refractivity contribution in [1.29, 1.82) is 0 Å². The maximum atomic E-state index is 5.78. The maximum Gasteiger partial charge on any atom is 0.161 e. The predicted molar refractivity (Wildman–Crippen MR) is 80.1 cm³/mol. The van der Waals surface area contributed by atoms with E-state index in [0.717, 1.165) is 37.5 Å². The van der Waals surface area contributed by atoms with Crippen LogP contribution in [-0.2, 0) is 0 Å². The van der Waals surface area contributed by atoms with E-state index in [0.29, 0.717) is 6.04 Å². The van der Waals surface area contributed by atoms with E-state index in [-0.39, 0.29) is 0 Å². The van der Waals surface area contributed by atoms with Crippen LogP contribution in [0.1, 0.15) is 39.5 Å². The molecule has 1 rings (SSSR count). The van der Waals surface area contributed by atoms with Gasteiger partial charge >= 0.3 is 0 Å². The van der Waals surface area contributed by atoms with Gasteiger partial charge in [-0.05, 0) is 37.9 Å². The highest BCUT2D eigenvalue weighted by molar-refractivity contribution is 5.39. The van der Waals surface area contributed by atoms with Crippen molar-refractivity contribution in [1.82, 2.24) is 5.32 Å². The standard InChI is InChI=1S/C16H27NO2/c1-4-9-14(17-5-2)10-8-13-19-16-12-7-6-11-15(16)18-3/h6-7,11-12,14,17H,4-5,8-10,13H2,1-3H3. The number of para-hydroxylation sites is 2. The molecule has 0 aliphatic heterocycles. The first-order chi connectivity index (χ1) is 9.31. The van der Waals surface area contributed by atoms with Crippen molar-refractivity contribution in [3.05, 3.63) is 24.3 Å². The molecule has 0 amide bonds. The third-order valence-corrected chi connectivity index (χ3v) is 3.15. The van der Waals surface area contributed by atoms with Gasteiger partial charge in [0.2, 0.25) is 0 Å². The summed E-state index contributed by atoms with van der Waals surface area (Å²) in [7, 11) is 1.67. The number of hydrogen-bond acceptors (Lipinski definition) is 3. The summed E-state index contributed by atoms with van der Waals surface area (Å²) in [6.07, 6.45) is 4.69. The third-order valence-electron chi connectivity index (χ3n) is 3.15. The lowest BCUT2D eigenvalue weighted by Gasteiger charge is -2.17. The number of nitrogens with one attached hydrogen (secondary N) is 1. The number of methoxy groups -OCH3 is 1. The molecule has 1 N–H and O–H groups in total. The summed E-state index contributed by atoms with van der Waals surface area (Å²) in [5.41, 5.74) is 0. The Morgan fingerprint density at radius 2 is 1.84 bits per heavy atom. The molecule has 108 valence electrons. The van der Waals surface area contributed by atoms with Crippen molar-refractivity contribution in [2.75, 3.05) is 20.3 Å². The van der Waals surface area contributed by atoms with Crippen LogP contribution in [0.2, 0.25) is 0 Å². The van der Waals surface area contributed by atoms with Crippen molar-refractivity contribution < 1.29 is 9.47 Å². The van der Waals surface area contributed by atoms with Crippen LogP contribution in [0.25, 0.3) is 0 Å². The van der Waals surface area contributed by atoms with Gasteiger partial charge in [-0.25, -0.2) is 0 Å². The lowest BCUT2D eigenvalue weighted by Crippen LogP contribution is -2.29. The fraction of sp³-hybridized carbons (Fsp3) is 0.625. The fourth-order valence-corrected chi connectivity index (χ4v) is 2.24. The molecular weight excluding hydrogens is 238 g/mol. The van der Waals surface area contributed by atoms with Crippen LogP contribution in [0.5, 0.6) is 11.5 Å². The summed E-state index contributed by atoms with van der Waals surface area (Å²) in [6.45, 7) is 6.17. The lowest BCUT2D eigenvalue weighted by molar-refractivity contribution is 0.277. The second kappa shape index (κ2) is 9.68. The fourth-order valence-electron chi connectivity index (χ4n) is 2.24. The second-order valence-corrected chi connectivity index (χ2v) is 4.68. The van der Waals surface area contributed by atoms with Crippen LogP contribution in [0.3, 0.4) is 0 Å². The van der Waals surface area contributed by atoms with Gasteiger partial charge in [-0.2, -0.15) is 0 Å². The molecule has 0 heterocycles. The van der Waals surface area contributed by atoms with Crippen molar-refractivity contribution in [3.63, 3.8) is 0 Å². The van der Waals surface area contributed by atoms with Crippen molar-refractivity contribution in [2.24, 2.45) is 0 Å². The molecule has 0 aliphatic carbocycles. The summed E-state index contributed by atoms with van der Waals surface area (Å²) in [6, 6.07) is 8.42. The SMILES string of the molecule is CCCC(CCCOc1ccccc1OC)NCC. The van der Waals surface area contributed by atoms with Gasteiger partial charge in [-0.15, -0.1) is 0 Å². The molecule has 0 aliphatic rings. The zero-order chi connectivity index (χ0) is 13.9. The molecule has 1 atom stereocenters. The second-order valence-electron chi connectivity index (χ2n) is 4.68. The molecule has 0 radical (unpaired) electrons. The van der Waals surface area contributed by atoms with Gasteiger partial charge in [0.1, 0.15) is 0 Å². The Bertz CT molecular complexity index is 335. The first kappa shape index (κ1) is 15.8. The smallest absolute Gasteiger partial charge is 0.161 e. The van der Waals surface area contributed by atoms with Crippen molar-refractivity contribution >= 4 is 0 Å². The van der Waals surface area contributed by atoms with E-state index in [4.69, 9.17) is 9.47 Å². The monoisotopic (exact) mass is 265 g/mol. The molecule has 1 unspecified atom stereocenters. The Morgan fingerprint density at radius 1 is 1.11 bits per heavy atom. The molecular formula is C16H27NO2. The molecule has 0 bridgehead atoms. The molecule has 0 spiro atoms. The molecule has 0 saturated heterocycles. The Balaban J connectivity index is 2.29. The van der Waals surface area contributed by atoms with E-state index in [1.807, 2.05) is 24.3 Å². The Labute approximate surface area is 117 Å². The number of benzene rings is 1. The molecule has 3 heteroatoms. The zero-order valence-electron chi connectivity index (χ0n) is 12.4. The van der Waals surface area contributed by atoms with Crippen LogP contribution in [0.4, 0.5) is 0 Å². The first-order valence-electron chi connectivity index (χ1n) is 7.31. The minimum Gasteiger partial charge on any atom is -0.493 e. The maximum absolute atomic E-state index is 5.78. The molecule has 3 nitrogen and oxygen atoms in total. The van der Waals surface area contributed by atoms with Gasteiger partial charge in [0.25, 0.3) is 0 Å². The number of hydrogen-bond donors (Lipinski definition) is 1. The molecule has 1 aromatic carbocycles. The summed E-state index contributed by atoms with van der Waals surface area (Å²) in [4.78, 5) is 0. The van der Waals surface area contributed by atoms with Crippen LogP contribution in [0, 0.1) is 0 Å². The van der Waals surface area contributed by atoms with Crippen LogP contribution in [-0.4, -0.2) is 26.3 Å². The van der Waals surface area contributed by atoms with Gasteiger partial charge in [0, 0.05) is 6.04 Å². The zero-order valence-corrected chi connectivity index (χ0v) is 12.4. The Morgan fingerprint density at radius 3 is 2.47 bits per heavy atom. The van der Waals surface area contributed by atoms with Gasteiger partial charge < -0.3 is 14.8 Å². The highest BCUT2D eigenvalue weighted by atomic mass is 16.5. The minimum atomic E-state index is 0.622. The van der Waals surface area contributed by atoms with Crippen molar-refractivity contribution in [3.8, 4) is 11.5 Å². The topological polar surface area (TPSA) is 30.5 Å². The van der Waals surface area contributed by atoms with E-state index in [9.17, 15) is 0 Å². The van der Waals surface area contributed by atoms with E-state index < -0.39 is 0 Å². The molecule has 0 fully saturated rings. The average molecular weight is 265 g/mol. The Kier molecular flexibility index (Phi) is 8.07. The van der Waals surface area contributed by atoms with Gasteiger partial charge in [-0.1, -0.05) is 32.4 Å². The predicted octanol–water partition coefficient (Wildman–Crippen LogP) is 3.63. The van der Waals surface area contributed by atoms with Crippen molar-refractivity contribution in [2.45, 2.75) is 45.6 Å². The van der Waals surface area contributed by atoms with E-state index in [1.54, 1.807) is 7.11 Å². The number of rotatable bonds is 10.